The fraction of sp³-hybridized carbons (Fsp3) is 0.0435. The molecule has 0 aliphatic rings. The second-order valence-corrected chi connectivity index (χ2v) is 7.81. The fourth-order valence-electron chi connectivity index (χ4n) is 3.18. The summed E-state index contributed by atoms with van der Waals surface area (Å²) in [6.07, 6.45) is 5.24. The highest BCUT2D eigenvalue weighted by Crippen LogP contribution is 2.30. The minimum Gasteiger partial charge on any atom is -0.348 e. The van der Waals surface area contributed by atoms with Crippen molar-refractivity contribution in [1.82, 2.24) is 20.3 Å². The smallest absolute Gasteiger partial charge is 0.251 e. The van der Waals surface area contributed by atoms with Crippen molar-refractivity contribution in [2.24, 2.45) is 0 Å². The maximum Gasteiger partial charge on any atom is 0.251 e. The molecule has 30 heavy (non-hydrogen) atoms. The van der Waals surface area contributed by atoms with Gasteiger partial charge in [-0.25, -0.2) is 4.98 Å². The number of nitrogens with one attached hydrogen (secondary N) is 2. The minimum atomic E-state index is -0.120. The Kier molecular flexibility index (Phi) is 4.78. The van der Waals surface area contributed by atoms with Crippen LogP contribution in [0.25, 0.3) is 21.1 Å². The SMILES string of the molecule is O=C(NCc1cccnc1)c1ccc2nc(Nc3ccc4ncccc4c3)sc2c1. The molecule has 6 nitrogen and oxygen atoms in total. The standard InChI is InChI=1S/C23H17N5OS/c29-22(26-14-15-3-1-9-24-13-15)17-5-7-20-21(12-17)30-23(28-20)27-18-6-8-19-16(11-18)4-2-10-25-19/h1-13H,14H2,(H,26,29)(H,27,28). The lowest BCUT2D eigenvalue weighted by molar-refractivity contribution is 0.0951. The lowest BCUT2D eigenvalue weighted by Crippen LogP contribution is -2.22. The van der Waals surface area contributed by atoms with Gasteiger partial charge in [-0.15, -0.1) is 0 Å². The van der Waals surface area contributed by atoms with Crippen LogP contribution in [0.3, 0.4) is 0 Å². The van der Waals surface area contributed by atoms with Gasteiger partial charge in [-0.3, -0.25) is 14.8 Å². The van der Waals surface area contributed by atoms with Crippen LogP contribution in [0.15, 0.2) is 79.3 Å². The summed E-state index contributed by atoms with van der Waals surface area (Å²) in [5.74, 6) is -0.120. The van der Waals surface area contributed by atoms with E-state index < -0.39 is 0 Å². The minimum absolute atomic E-state index is 0.120. The van der Waals surface area contributed by atoms with Crippen LogP contribution in [-0.2, 0) is 6.54 Å². The number of anilines is 2. The molecular formula is C23H17N5OS. The van der Waals surface area contributed by atoms with Crippen molar-refractivity contribution >= 4 is 49.2 Å². The van der Waals surface area contributed by atoms with E-state index in [9.17, 15) is 4.79 Å². The van der Waals surface area contributed by atoms with Crippen LogP contribution in [0.1, 0.15) is 15.9 Å². The van der Waals surface area contributed by atoms with E-state index in [-0.39, 0.29) is 5.91 Å². The van der Waals surface area contributed by atoms with Gasteiger partial charge in [0.25, 0.3) is 5.91 Å². The molecule has 1 amide bonds. The number of rotatable bonds is 5. The van der Waals surface area contributed by atoms with E-state index in [1.165, 1.54) is 11.3 Å². The van der Waals surface area contributed by atoms with E-state index in [0.29, 0.717) is 12.1 Å². The Morgan fingerprint density at radius 2 is 1.87 bits per heavy atom. The second-order valence-electron chi connectivity index (χ2n) is 6.78. The Morgan fingerprint density at radius 3 is 2.77 bits per heavy atom. The molecule has 5 rings (SSSR count). The summed E-state index contributed by atoms with van der Waals surface area (Å²) in [6, 6.07) is 19.3. The van der Waals surface area contributed by atoms with Crippen molar-refractivity contribution in [3.63, 3.8) is 0 Å². The molecule has 0 fully saturated rings. The van der Waals surface area contributed by atoms with Crippen molar-refractivity contribution in [3.05, 3.63) is 90.4 Å². The van der Waals surface area contributed by atoms with E-state index in [2.05, 4.69) is 25.6 Å². The molecule has 0 aliphatic heterocycles. The summed E-state index contributed by atoms with van der Waals surface area (Å²) in [5.41, 5.74) is 4.33. The number of carbonyl (C=O) groups excluding carboxylic acids is 1. The third kappa shape index (κ3) is 3.83. The number of pyridine rings is 2. The molecule has 0 radical (unpaired) electrons. The Bertz CT molecular complexity index is 1350. The summed E-state index contributed by atoms with van der Waals surface area (Å²) in [7, 11) is 0. The van der Waals surface area contributed by atoms with Crippen molar-refractivity contribution in [1.29, 1.82) is 0 Å². The van der Waals surface area contributed by atoms with E-state index in [4.69, 9.17) is 0 Å². The van der Waals surface area contributed by atoms with Crippen molar-refractivity contribution in [2.75, 3.05) is 5.32 Å². The van der Waals surface area contributed by atoms with E-state index >= 15 is 0 Å². The summed E-state index contributed by atoms with van der Waals surface area (Å²) < 4.78 is 0.953. The molecule has 7 heteroatoms. The molecule has 0 saturated carbocycles. The van der Waals surface area contributed by atoms with Crippen molar-refractivity contribution in [2.45, 2.75) is 6.54 Å². The third-order valence-corrected chi connectivity index (χ3v) is 5.61. The van der Waals surface area contributed by atoms with Gasteiger partial charge in [-0.1, -0.05) is 23.5 Å². The van der Waals surface area contributed by atoms with Gasteiger partial charge in [0.15, 0.2) is 5.13 Å². The highest BCUT2D eigenvalue weighted by molar-refractivity contribution is 7.22. The highest BCUT2D eigenvalue weighted by Gasteiger charge is 2.10. The van der Waals surface area contributed by atoms with Crippen LogP contribution in [0, 0.1) is 0 Å². The van der Waals surface area contributed by atoms with Gasteiger partial charge in [0, 0.05) is 41.8 Å². The van der Waals surface area contributed by atoms with Crippen LogP contribution >= 0.6 is 11.3 Å². The zero-order valence-corrected chi connectivity index (χ0v) is 16.7. The molecule has 0 bridgehead atoms. The second kappa shape index (κ2) is 7.88. The number of carbonyl (C=O) groups is 1. The molecule has 146 valence electrons. The summed E-state index contributed by atoms with van der Waals surface area (Å²) >= 11 is 1.52. The Labute approximate surface area is 176 Å². The zero-order chi connectivity index (χ0) is 20.3. The molecular weight excluding hydrogens is 394 g/mol. The molecule has 2 aromatic carbocycles. The molecule has 0 spiro atoms. The molecule has 2 N–H and O–H groups in total. The van der Waals surface area contributed by atoms with Gasteiger partial charge in [-0.2, -0.15) is 0 Å². The van der Waals surface area contributed by atoms with E-state index in [1.54, 1.807) is 24.7 Å². The summed E-state index contributed by atoms with van der Waals surface area (Å²) in [4.78, 5) is 25.6. The van der Waals surface area contributed by atoms with E-state index in [0.717, 1.165) is 37.5 Å². The monoisotopic (exact) mass is 411 g/mol. The number of amides is 1. The summed E-state index contributed by atoms with van der Waals surface area (Å²) in [6.45, 7) is 0.441. The first-order valence-electron chi connectivity index (χ1n) is 9.44. The van der Waals surface area contributed by atoms with Gasteiger partial charge >= 0.3 is 0 Å². The number of thiazole rings is 1. The van der Waals surface area contributed by atoms with Gasteiger partial charge in [0.2, 0.25) is 0 Å². The first-order chi connectivity index (χ1) is 14.7. The molecule has 0 unspecified atom stereocenters. The van der Waals surface area contributed by atoms with Crippen molar-refractivity contribution in [3.8, 4) is 0 Å². The number of hydrogen-bond donors (Lipinski definition) is 2. The molecule has 0 atom stereocenters. The molecule has 3 heterocycles. The van der Waals surface area contributed by atoms with Crippen LogP contribution < -0.4 is 10.6 Å². The van der Waals surface area contributed by atoms with Crippen LogP contribution in [-0.4, -0.2) is 20.9 Å². The average Bonchev–Trinajstić information content (AvgIpc) is 3.19. The third-order valence-electron chi connectivity index (χ3n) is 4.68. The van der Waals surface area contributed by atoms with Gasteiger partial charge in [0.05, 0.1) is 15.7 Å². The largest absolute Gasteiger partial charge is 0.348 e. The molecule has 0 aliphatic carbocycles. The number of benzene rings is 2. The number of nitrogens with zero attached hydrogens (tertiary/aromatic N) is 3. The number of fused-ring (bicyclic) bond motifs is 2. The maximum atomic E-state index is 12.5. The Balaban J connectivity index is 1.33. The first-order valence-corrected chi connectivity index (χ1v) is 10.3. The van der Waals surface area contributed by atoms with E-state index in [1.807, 2.05) is 54.6 Å². The van der Waals surface area contributed by atoms with Crippen LogP contribution in [0.5, 0.6) is 0 Å². The van der Waals surface area contributed by atoms with Gasteiger partial charge in [0.1, 0.15) is 0 Å². The maximum absolute atomic E-state index is 12.5. The zero-order valence-electron chi connectivity index (χ0n) is 15.9. The summed E-state index contributed by atoms with van der Waals surface area (Å²) in [5, 5.41) is 8.13. The van der Waals surface area contributed by atoms with Crippen LogP contribution in [0.4, 0.5) is 10.8 Å². The lowest BCUT2D eigenvalue weighted by Gasteiger charge is -2.04. The molecule has 0 saturated heterocycles. The van der Waals surface area contributed by atoms with Gasteiger partial charge < -0.3 is 10.6 Å². The Morgan fingerprint density at radius 1 is 0.967 bits per heavy atom. The predicted octanol–water partition coefficient (Wildman–Crippen LogP) is 4.91. The number of hydrogen-bond acceptors (Lipinski definition) is 6. The average molecular weight is 411 g/mol. The quantitative estimate of drug-likeness (QED) is 0.429. The van der Waals surface area contributed by atoms with Crippen LogP contribution in [0.2, 0.25) is 0 Å². The van der Waals surface area contributed by atoms with Gasteiger partial charge in [-0.05, 0) is 54.1 Å². The lowest BCUT2D eigenvalue weighted by atomic mass is 10.2. The normalized spacial score (nSPS) is 10.9. The highest BCUT2D eigenvalue weighted by atomic mass is 32.1. The molecule has 5 aromatic rings. The fourth-order valence-corrected chi connectivity index (χ4v) is 4.11. The molecule has 3 aromatic heterocycles. The van der Waals surface area contributed by atoms with Crippen molar-refractivity contribution < 1.29 is 4.79 Å². The first kappa shape index (κ1) is 18.2. The number of aromatic nitrogens is 3. The topological polar surface area (TPSA) is 79.8 Å². The Hall–Kier alpha value is -3.84. The predicted molar refractivity (Wildman–Crippen MR) is 120 cm³/mol.